The van der Waals surface area contributed by atoms with Gasteiger partial charge in [0.05, 0.1) is 12.2 Å². The van der Waals surface area contributed by atoms with Gasteiger partial charge in [-0.25, -0.2) is 14.2 Å². The van der Waals surface area contributed by atoms with E-state index in [1.807, 2.05) is 6.07 Å². The maximum absolute atomic E-state index is 14.8. The lowest BCUT2D eigenvalue weighted by atomic mass is 10.1. The zero-order valence-corrected chi connectivity index (χ0v) is 17.7. The molecule has 0 spiro atoms. The Hall–Kier alpha value is -3.98. The fourth-order valence-electron chi connectivity index (χ4n) is 3.99. The molecule has 9 heteroatoms. The van der Waals surface area contributed by atoms with Crippen molar-refractivity contribution in [3.63, 3.8) is 0 Å². The summed E-state index contributed by atoms with van der Waals surface area (Å²) < 4.78 is 20.6. The van der Waals surface area contributed by atoms with Crippen LogP contribution in [-0.4, -0.2) is 35.0 Å². The molecule has 0 bridgehead atoms. The Morgan fingerprint density at radius 3 is 2.88 bits per heavy atom. The normalized spacial score (nSPS) is 16.9. The highest BCUT2D eigenvalue weighted by Gasteiger charge is 2.37. The molecule has 3 amide bonds. The lowest BCUT2D eigenvalue weighted by Gasteiger charge is -2.40. The summed E-state index contributed by atoms with van der Waals surface area (Å²) in [5.74, 6) is -0.309. The third-order valence-corrected chi connectivity index (χ3v) is 5.64. The Kier molecular flexibility index (Phi) is 5.62. The van der Waals surface area contributed by atoms with E-state index in [-0.39, 0.29) is 18.5 Å². The number of hydrogen-bond acceptors (Lipinski definition) is 5. The molecule has 8 nitrogen and oxygen atoms in total. The molecule has 3 aromatic rings. The van der Waals surface area contributed by atoms with Crippen molar-refractivity contribution in [1.29, 1.82) is 0 Å². The summed E-state index contributed by atoms with van der Waals surface area (Å²) >= 11 is 0. The Labute approximate surface area is 189 Å². The third-order valence-electron chi connectivity index (χ3n) is 5.64. The number of aromatic nitrogens is 1. The number of rotatable bonds is 5. The molecule has 3 heterocycles. The Morgan fingerprint density at radius 1 is 1.21 bits per heavy atom. The van der Waals surface area contributed by atoms with Crippen molar-refractivity contribution in [2.75, 3.05) is 29.1 Å². The lowest BCUT2D eigenvalue weighted by Crippen LogP contribution is -2.47. The highest BCUT2D eigenvalue weighted by molar-refractivity contribution is 6.04. The van der Waals surface area contributed by atoms with Gasteiger partial charge >= 0.3 is 6.03 Å². The second-order valence-corrected chi connectivity index (χ2v) is 7.80. The largest absolute Gasteiger partial charge is 0.380 e. The summed E-state index contributed by atoms with van der Waals surface area (Å²) in [6.07, 6.45) is 1.82. The van der Waals surface area contributed by atoms with E-state index in [9.17, 15) is 14.0 Å². The van der Waals surface area contributed by atoms with Crippen LogP contribution in [0.4, 0.5) is 26.4 Å². The van der Waals surface area contributed by atoms with Crippen molar-refractivity contribution in [2.24, 2.45) is 0 Å². The molecule has 0 aliphatic carbocycles. The first-order valence-corrected chi connectivity index (χ1v) is 10.7. The summed E-state index contributed by atoms with van der Waals surface area (Å²) in [7, 11) is 0. The quantitative estimate of drug-likeness (QED) is 0.541. The molecule has 33 heavy (non-hydrogen) atoms. The molecule has 2 aliphatic heterocycles. The molecule has 5 rings (SSSR count). The molecule has 168 valence electrons. The molecular formula is C24H22FN5O3. The van der Waals surface area contributed by atoms with Gasteiger partial charge in [0.2, 0.25) is 0 Å². The van der Waals surface area contributed by atoms with Gasteiger partial charge in [0.25, 0.3) is 5.91 Å². The minimum Gasteiger partial charge on any atom is -0.380 e. The van der Waals surface area contributed by atoms with E-state index >= 15 is 0 Å². The van der Waals surface area contributed by atoms with Crippen molar-refractivity contribution in [2.45, 2.75) is 19.2 Å². The first-order chi connectivity index (χ1) is 16.1. The number of nitrogens with one attached hydrogen (secondary N) is 3. The van der Waals surface area contributed by atoms with Gasteiger partial charge < -0.3 is 15.4 Å². The van der Waals surface area contributed by atoms with Crippen molar-refractivity contribution in [1.82, 2.24) is 9.88 Å². The zero-order chi connectivity index (χ0) is 22.8. The summed E-state index contributed by atoms with van der Waals surface area (Å²) in [6, 6.07) is 14.9. The molecule has 3 N–H and O–H groups in total. The maximum Gasteiger partial charge on any atom is 0.325 e. The second kappa shape index (κ2) is 8.87. The first-order valence-electron chi connectivity index (χ1n) is 10.7. The number of fused-ring (bicyclic) bond motifs is 3. The number of urea groups is 1. The minimum atomic E-state index is -0.529. The van der Waals surface area contributed by atoms with E-state index in [0.29, 0.717) is 41.5 Å². The Morgan fingerprint density at radius 2 is 2.06 bits per heavy atom. The van der Waals surface area contributed by atoms with Crippen molar-refractivity contribution >= 4 is 29.1 Å². The molecule has 2 aliphatic rings. The van der Waals surface area contributed by atoms with Gasteiger partial charge in [0, 0.05) is 41.8 Å². The van der Waals surface area contributed by atoms with Crippen LogP contribution < -0.4 is 16.0 Å². The topological polar surface area (TPSA) is 95.6 Å². The highest BCUT2D eigenvalue weighted by atomic mass is 19.1. The minimum absolute atomic E-state index is 0.204. The number of carbonyl (C=O) groups excluding carboxylic acids is 2. The number of halogens is 1. The molecule has 1 unspecified atom stereocenters. The summed E-state index contributed by atoms with van der Waals surface area (Å²) in [5.41, 5.74) is 2.73. The van der Waals surface area contributed by atoms with E-state index < -0.39 is 12.0 Å². The second-order valence-electron chi connectivity index (χ2n) is 7.80. The average Bonchev–Trinajstić information content (AvgIpc) is 2.84. The predicted molar refractivity (Wildman–Crippen MR) is 121 cm³/mol. The lowest BCUT2D eigenvalue weighted by molar-refractivity contribution is -0.0736. The number of nitrogens with zero attached hydrogens (tertiary/aromatic N) is 2. The van der Waals surface area contributed by atoms with E-state index in [2.05, 4.69) is 20.9 Å². The molecule has 1 fully saturated rings. The molecular weight excluding hydrogens is 425 g/mol. The van der Waals surface area contributed by atoms with Crippen LogP contribution in [0.1, 0.15) is 34.1 Å². The van der Waals surface area contributed by atoms with Crippen LogP contribution in [0.3, 0.4) is 0 Å². The number of ether oxygens (including phenoxy) is 1. The monoisotopic (exact) mass is 447 g/mol. The van der Waals surface area contributed by atoms with Crippen molar-refractivity contribution in [3.05, 3.63) is 83.3 Å². The molecule has 1 aromatic heterocycles. The molecule has 1 atom stereocenters. The predicted octanol–water partition coefficient (Wildman–Crippen LogP) is 4.35. The van der Waals surface area contributed by atoms with Gasteiger partial charge in [-0.2, -0.15) is 0 Å². The van der Waals surface area contributed by atoms with Crippen LogP contribution in [0, 0.1) is 5.82 Å². The average molecular weight is 447 g/mol. The van der Waals surface area contributed by atoms with Crippen LogP contribution >= 0.6 is 0 Å². The number of carbonyl (C=O) groups is 2. The first kappa shape index (κ1) is 20.9. The van der Waals surface area contributed by atoms with Gasteiger partial charge in [-0.3, -0.25) is 15.0 Å². The Bertz CT molecular complexity index is 1200. The van der Waals surface area contributed by atoms with E-state index in [4.69, 9.17) is 4.74 Å². The van der Waals surface area contributed by atoms with Crippen molar-refractivity contribution in [3.8, 4) is 0 Å². The number of anilines is 3. The highest BCUT2D eigenvalue weighted by Crippen LogP contribution is 2.39. The summed E-state index contributed by atoms with van der Waals surface area (Å²) in [6.45, 7) is 1.35. The van der Waals surface area contributed by atoms with Crippen LogP contribution in [0.5, 0.6) is 0 Å². The standard InChI is InChI=1S/C24H22FN5O3/c25-18-13-17(28-22(31)15-5-2-1-3-6-15)8-7-16(18)14-27-19-9-10-26-21-20(19)23-30(24(32)29-21)11-4-12-33-23/h1-3,5-10,13,23H,4,11-12,14H2,(H,28,31)(H2,26,27,29,32). The Balaban J connectivity index is 1.31. The van der Waals surface area contributed by atoms with E-state index in [0.717, 1.165) is 12.0 Å². The molecule has 0 saturated carbocycles. The molecule has 1 saturated heterocycles. The van der Waals surface area contributed by atoms with E-state index in [1.54, 1.807) is 53.6 Å². The number of amides is 3. The molecule has 0 radical (unpaired) electrons. The van der Waals surface area contributed by atoms with Crippen molar-refractivity contribution < 1.29 is 18.7 Å². The fourth-order valence-corrected chi connectivity index (χ4v) is 3.99. The number of benzene rings is 2. The van der Waals surface area contributed by atoms with Crippen LogP contribution in [0.15, 0.2) is 60.8 Å². The van der Waals surface area contributed by atoms with Crippen LogP contribution in [-0.2, 0) is 11.3 Å². The van der Waals surface area contributed by atoms with Gasteiger partial charge in [-0.15, -0.1) is 0 Å². The summed E-state index contributed by atoms with van der Waals surface area (Å²) in [5, 5.41) is 8.73. The SMILES string of the molecule is O=C(Nc1ccc(CNc2ccnc3c2C2OCCCN2C(=O)N3)c(F)c1)c1ccccc1. The number of pyridine rings is 1. The van der Waals surface area contributed by atoms with Gasteiger partial charge in [0.15, 0.2) is 6.23 Å². The summed E-state index contributed by atoms with van der Waals surface area (Å²) in [4.78, 5) is 30.5. The zero-order valence-electron chi connectivity index (χ0n) is 17.7. The molecule has 2 aromatic carbocycles. The van der Waals surface area contributed by atoms with Gasteiger partial charge in [0.1, 0.15) is 11.6 Å². The van der Waals surface area contributed by atoms with Crippen LogP contribution in [0.25, 0.3) is 0 Å². The smallest absolute Gasteiger partial charge is 0.325 e. The van der Waals surface area contributed by atoms with E-state index in [1.165, 1.54) is 6.07 Å². The number of hydrogen-bond donors (Lipinski definition) is 3. The van der Waals surface area contributed by atoms with Gasteiger partial charge in [-0.05, 0) is 36.8 Å². The third kappa shape index (κ3) is 4.22. The van der Waals surface area contributed by atoms with Gasteiger partial charge in [-0.1, -0.05) is 24.3 Å². The van der Waals surface area contributed by atoms with Crippen LogP contribution in [0.2, 0.25) is 0 Å². The maximum atomic E-state index is 14.8. The fraction of sp³-hybridized carbons (Fsp3) is 0.208.